The summed E-state index contributed by atoms with van der Waals surface area (Å²) in [4.78, 5) is 4.37. The van der Waals surface area contributed by atoms with Gasteiger partial charge in [-0.15, -0.1) is 0 Å². The summed E-state index contributed by atoms with van der Waals surface area (Å²) in [5, 5.41) is 0. The molecule has 9 heavy (non-hydrogen) atoms. The minimum absolute atomic E-state index is 0.653. The van der Waals surface area contributed by atoms with E-state index in [2.05, 4.69) is 11.9 Å². The topological polar surface area (TPSA) is 6.48 Å². The molecule has 2 bridgehead atoms. The van der Waals surface area contributed by atoms with Crippen molar-refractivity contribution >= 4 is 7.98 Å². The molecular formula is C6H11BN2. The molecule has 0 amide bonds. The van der Waals surface area contributed by atoms with Crippen LogP contribution in [0.4, 0.5) is 0 Å². The van der Waals surface area contributed by atoms with E-state index in [1.165, 1.54) is 13.0 Å². The second-order valence-corrected chi connectivity index (χ2v) is 3.18. The van der Waals surface area contributed by atoms with E-state index in [1.807, 2.05) is 4.81 Å². The third-order valence-corrected chi connectivity index (χ3v) is 2.56. The van der Waals surface area contributed by atoms with E-state index in [4.69, 9.17) is 7.98 Å². The number of hydrogen-bond donors (Lipinski definition) is 0. The molecule has 2 rings (SSSR count). The van der Waals surface area contributed by atoms with Crippen molar-refractivity contribution in [1.29, 1.82) is 0 Å². The molecule has 2 atom stereocenters. The van der Waals surface area contributed by atoms with Crippen molar-refractivity contribution in [2.75, 3.05) is 20.1 Å². The highest BCUT2D eigenvalue weighted by Gasteiger charge is 2.38. The highest BCUT2D eigenvalue weighted by Crippen LogP contribution is 2.26. The van der Waals surface area contributed by atoms with Gasteiger partial charge in [0, 0.05) is 25.2 Å². The van der Waals surface area contributed by atoms with Crippen molar-refractivity contribution in [1.82, 2.24) is 9.71 Å². The van der Waals surface area contributed by atoms with Gasteiger partial charge in [-0.1, -0.05) is 0 Å². The SMILES string of the molecule is [B]N1CC2CC1CN2C. The summed E-state index contributed by atoms with van der Waals surface area (Å²) in [7, 11) is 7.87. The van der Waals surface area contributed by atoms with Gasteiger partial charge in [0.25, 0.3) is 0 Å². The number of nitrogens with zero attached hydrogens (tertiary/aromatic N) is 2. The molecule has 0 spiro atoms. The average Bonchev–Trinajstić information content (AvgIpc) is 2.24. The van der Waals surface area contributed by atoms with Crippen LogP contribution >= 0.6 is 0 Å². The first kappa shape index (κ1) is 5.75. The third kappa shape index (κ3) is 0.716. The molecule has 2 aliphatic rings. The van der Waals surface area contributed by atoms with Gasteiger partial charge in [-0.2, -0.15) is 0 Å². The van der Waals surface area contributed by atoms with Crippen LogP contribution in [0.5, 0.6) is 0 Å². The van der Waals surface area contributed by atoms with Crippen molar-refractivity contribution < 1.29 is 0 Å². The molecular weight excluding hydrogens is 111 g/mol. The largest absolute Gasteiger partial charge is 0.349 e. The number of piperazine rings is 1. The molecule has 0 aromatic carbocycles. The van der Waals surface area contributed by atoms with Gasteiger partial charge in [0.15, 0.2) is 7.98 Å². The fourth-order valence-electron chi connectivity index (χ4n) is 1.90. The normalized spacial score (nSPS) is 44.6. The quantitative estimate of drug-likeness (QED) is 0.398. The lowest BCUT2D eigenvalue weighted by molar-refractivity contribution is 0.221. The lowest BCUT2D eigenvalue weighted by Gasteiger charge is -2.29. The fraction of sp³-hybridized carbons (Fsp3) is 1.00. The predicted molar refractivity (Wildman–Crippen MR) is 37.3 cm³/mol. The van der Waals surface area contributed by atoms with E-state index in [0.717, 1.165) is 12.6 Å². The maximum atomic E-state index is 5.69. The van der Waals surface area contributed by atoms with Crippen LogP contribution in [0.1, 0.15) is 6.42 Å². The molecule has 0 aromatic rings. The molecule has 2 fully saturated rings. The molecule has 3 heteroatoms. The standard InChI is InChI=1S/C6H11BN2/c1-8-3-6-2-5(8)4-9(6)7/h5-6H,2-4H2,1H3. The summed E-state index contributed by atoms with van der Waals surface area (Å²) in [6.45, 7) is 2.24. The molecule has 0 saturated carbocycles. The van der Waals surface area contributed by atoms with Crippen LogP contribution in [0, 0.1) is 0 Å². The minimum atomic E-state index is 0.653. The van der Waals surface area contributed by atoms with Gasteiger partial charge >= 0.3 is 0 Å². The monoisotopic (exact) mass is 122 g/mol. The Hall–Kier alpha value is -0.0151. The number of likely N-dealkylation sites (tertiary alicyclic amines) is 1. The zero-order valence-electron chi connectivity index (χ0n) is 5.75. The van der Waals surface area contributed by atoms with Crippen molar-refractivity contribution in [3.05, 3.63) is 0 Å². The Morgan fingerprint density at radius 1 is 1.33 bits per heavy atom. The molecule has 2 aliphatic heterocycles. The predicted octanol–water partition coefficient (Wildman–Crippen LogP) is -0.542. The van der Waals surface area contributed by atoms with Gasteiger partial charge < -0.3 is 9.71 Å². The summed E-state index contributed by atoms with van der Waals surface area (Å²) >= 11 is 0. The van der Waals surface area contributed by atoms with E-state index in [-0.39, 0.29) is 0 Å². The number of rotatable bonds is 0. The van der Waals surface area contributed by atoms with Crippen LogP contribution in [0.2, 0.25) is 0 Å². The number of likely N-dealkylation sites (N-methyl/N-ethyl adjacent to an activating group) is 1. The van der Waals surface area contributed by atoms with E-state index in [9.17, 15) is 0 Å². The van der Waals surface area contributed by atoms with Gasteiger partial charge in [0.05, 0.1) is 0 Å². The maximum Gasteiger partial charge on any atom is 0.183 e. The molecule has 48 valence electrons. The van der Waals surface area contributed by atoms with Crippen molar-refractivity contribution in [2.45, 2.75) is 18.5 Å². The van der Waals surface area contributed by atoms with Gasteiger partial charge in [0.2, 0.25) is 0 Å². The Labute approximate surface area is 57.2 Å². The van der Waals surface area contributed by atoms with Crippen LogP contribution in [0.25, 0.3) is 0 Å². The zero-order valence-corrected chi connectivity index (χ0v) is 5.75. The molecule has 0 N–H and O–H groups in total. The van der Waals surface area contributed by atoms with Crippen molar-refractivity contribution in [3.8, 4) is 0 Å². The fourth-order valence-corrected chi connectivity index (χ4v) is 1.90. The Kier molecular flexibility index (Phi) is 1.11. The summed E-state index contributed by atoms with van der Waals surface area (Å²) in [6.07, 6.45) is 1.28. The highest BCUT2D eigenvalue weighted by atomic mass is 15.3. The Bertz CT molecular complexity index is 110. The summed E-state index contributed by atoms with van der Waals surface area (Å²) in [5.74, 6) is 0. The smallest absolute Gasteiger partial charge is 0.183 e. The Balaban J connectivity index is 2.10. The Morgan fingerprint density at radius 3 is 2.44 bits per heavy atom. The lowest BCUT2D eigenvalue weighted by Crippen LogP contribution is -2.42. The lowest BCUT2D eigenvalue weighted by atomic mass is 10.2. The van der Waals surface area contributed by atoms with Gasteiger partial charge in [0.1, 0.15) is 0 Å². The van der Waals surface area contributed by atoms with Gasteiger partial charge in [-0.05, 0) is 13.5 Å². The first-order valence-corrected chi connectivity index (χ1v) is 3.49. The molecule has 0 aliphatic carbocycles. The molecule has 0 aromatic heterocycles. The zero-order chi connectivity index (χ0) is 6.43. The van der Waals surface area contributed by atoms with Gasteiger partial charge in [-0.25, -0.2) is 0 Å². The summed E-state index contributed by atoms with van der Waals surface area (Å²) < 4.78 is 0. The van der Waals surface area contributed by atoms with Crippen LogP contribution in [0.15, 0.2) is 0 Å². The van der Waals surface area contributed by atoms with E-state index >= 15 is 0 Å². The van der Waals surface area contributed by atoms with Crippen LogP contribution in [-0.2, 0) is 0 Å². The van der Waals surface area contributed by atoms with Crippen LogP contribution in [0.3, 0.4) is 0 Å². The number of fused-ring (bicyclic) bond motifs is 2. The maximum absolute atomic E-state index is 5.69. The summed E-state index contributed by atoms with van der Waals surface area (Å²) in [6, 6.07) is 1.40. The highest BCUT2D eigenvalue weighted by molar-refractivity contribution is 6.04. The second-order valence-electron chi connectivity index (χ2n) is 3.18. The molecule has 2 saturated heterocycles. The molecule has 2 heterocycles. The minimum Gasteiger partial charge on any atom is -0.349 e. The molecule has 2 unspecified atom stereocenters. The second kappa shape index (κ2) is 1.73. The molecule has 2 nitrogen and oxygen atoms in total. The van der Waals surface area contributed by atoms with E-state index in [0.29, 0.717) is 6.04 Å². The average molecular weight is 122 g/mol. The first-order chi connectivity index (χ1) is 4.27. The van der Waals surface area contributed by atoms with Crippen molar-refractivity contribution in [3.63, 3.8) is 0 Å². The van der Waals surface area contributed by atoms with Crippen molar-refractivity contribution in [2.24, 2.45) is 0 Å². The van der Waals surface area contributed by atoms with E-state index < -0.39 is 0 Å². The van der Waals surface area contributed by atoms with Crippen LogP contribution in [-0.4, -0.2) is 49.9 Å². The summed E-state index contributed by atoms with van der Waals surface area (Å²) in [5.41, 5.74) is 0. The van der Waals surface area contributed by atoms with Crippen LogP contribution < -0.4 is 0 Å². The van der Waals surface area contributed by atoms with E-state index in [1.54, 1.807) is 0 Å². The number of hydrogen-bond acceptors (Lipinski definition) is 2. The Morgan fingerprint density at radius 2 is 2.11 bits per heavy atom. The first-order valence-electron chi connectivity index (χ1n) is 3.49. The van der Waals surface area contributed by atoms with Gasteiger partial charge in [-0.3, -0.25) is 0 Å². The third-order valence-electron chi connectivity index (χ3n) is 2.56. The molecule has 2 radical (unpaired) electrons.